The predicted octanol–water partition coefficient (Wildman–Crippen LogP) is 3.20. The van der Waals surface area contributed by atoms with Crippen LogP contribution in [0.3, 0.4) is 0 Å². The summed E-state index contributed by atoms with van der Waals surface area (Å²) in [7, 11) is 0. The molecule has 2 unspecified atom stereocenters. The molecule has 0 heterocycles. The average molecular weight is 207 g/mol. The molecule has 15 heavy (non-hydrogen) atoms. The summed E-state index contributed by atoms with van der Waals surface area (Å²) in [4.78, 5) is 0. The highest BCUT2D eigenvalue weighted by Crippen LogP contribution is 2.64. The van der Waals surface area contributed by atoms with E-state index in [1.54, 1.807) is 19.3 Å². The highest BCUT2D eigenvalue weighted by Gasteiger charge is 2.56. The number of nitrogens with one attached hydrogen (secondary N) is 1. The van der Waals surface area contributed by atoms with Crippen molar-refractivity contribution in [1.82, 2.24) is 5.32 Å². The molecule has 0 radical (unpaired) electrons. The van der Waals surface area contributed by atoms with Crippen molar-refractivity contribution in [1.29, 1.82) is 0 Å². The van der Waals surface area contributed by atoms with Crippen LogP contribution in [0.5, 0.6) is 0 Å². The second-order valence-electron chi connectivity index (χ2n) is 6.29. The van der Waals surface area contributed by atoms with Crippen molar-refractivity contribution in [3.8, 4) is 0 Å². The average Bonchev–Trinajstić information content (AvgIpc) is 2.77. The van der Waals surface area contributed by atoms with Gasteiger partial charge in [0.25, 0.3) is 0 Å². The molecule has 0 amide bonds. The van der Waals surface area contributed by atoms with Crippen LogP contribution in [0.25, 0.3) is 0 Å². The minimum absolute atomic E-state index is 0.736. The zero-order valence-electron chi connectivity index (χ0n) is 10.1. The molecular formula is C14H25N. The third kappa shape index (κ3) is 1.73. The zero-order valence-corrected chi connectivity index (χ0v) is 10.1. The van der Waals surface area contributed by atoms with E-state index in [0.717, 1.165) is 29.7 Å². The van der Waals surface area contributed by atoms with Crippen molar-refractivity contribution in [2.45, 2.75) is 51.9 Å². The Morgan fingerprint density at radius 3 is 2.40 bits per heavy atom. The second kappa shape index (κ2) is 3.76. The van der Waals surface area contributed by atoms with Crippen LogP contribution in [0.15, 0.2) is 0 Å². The van der Waals surface area contributed by atoms with E-state index in [9.17, 15) is 0 Å². The number of hydrogen-bond acceptors (Lipinski definition) is 1. The van der Waals surface area contributed by atoms with E-state index in [2.05, 4.69) is 12.2 Å². The highest BCUT2D eigenvalue weighted by molar-refractivity contribution is 5.07. The first kappa shape index (κ1) is 10.1. The van der Waals surface area contributed by atoms with Crippen molar-refractivity contribution in [3.05, 3.63) is 0 Å². The minimum atomic E-state index is 0.736. The Balaban J connectivity index is 1.69. The lowest BCUT2D eigenvalue weighted by Gasteiger charge is -2.37. The molecule has 0 aromatic heterocycles. The zero-order chi connectivity index (χ0) is 10.3. The molecule has 0 aromatic rings. The first-order valence-corrected chi connectivity index (χ1v) is 7.05. The van der Waals surface area contributed by atoms with Gasteiger partial charge < -0.3 is 5.32 Å². The summed E-state index contributed by atoms with van der Waals surface area (Å²) in [6, 6.07) is 0. The Kier molecular flexibility index (Phi) is 2.54. The monoisotopic (exact) mass is 207 g/mol. The van der Waals surface area contributed by atoms with Crippen LogP contribution >= 0.6 is 0 Å². The van der Waals surface area contributed by atoms with Gasteiger partial charge in [0.05, 0.1) is 0 Å². The molecule has 1 nitrogen and oxygen atoms in total. The topological polar surface area (TPSA) is 12.0 Å². The molecule has 3 saturated carbocycles. The third-order valence-corrected chi connectivity index (χ3v) is 5.35. The van der Waals surface area contributed by atoms with Crippen LogP contribution in [0.1, 0.15) is 51.9 Å². The molecule has 0 aromatic carbocycles. The SMILES string of the molecule is CCNCC1(C2CCCC2)CC2CC2C1. The van der Waals surface area contributed by atoms with Crippen molar-refractivity contribution >= 4 is 0 Å². The smallest absolute Gasteiger partial charge is 0.00106 e. The quantitative estimate of drug-likeness (QED) is 0.746. The summed E-state index contributed by atoms with van der Waals surface area (Å²) in [6.45, 7) is 4.73. The first-order valence-electron chi connectivity index (χ1n) is 7.05. The fourth-order valence-electron chi connectivity index (χ4n) is 4.47. The molecule has 0 saturated heterocycles. The van der Waals surface area contributed by atoms with Gasteiger partial charge in [0.1, 0.15) is 0 Å². The van der Waals surface area contributed by atoms with Gasteiger partial charge >= 0.3 is 0 Å². The van der Waals surface area contributed by atoms with Gasteiger partial charge in [-0.15, -0.1) is 0 Å². The Hall–Kier alpha value is -0.0400. The minimum Gasteiger partial charge on any atom is -0.316 e. The number of rotatable bonds is 4. The van der Waals surface area contributed by atoms with Gasteiger partial charge in [0, 0.05) is 6.54 Å². The Labute approximate surface area is 94.0 Å². The van der Waals surface area contributed by atoms with E-state index < -0.39 is 0 Å². The van der Waals surface area contributed by atoms with E-state index in [4.69, 9.17) is 0 Å². The Morgan fingerprint density at radius 1 is 1.13 bits per heavy atom. The lowest BCUT2D eigenvalue weighted by Crippen LogP contribution is -2.38. The Bertz CT molecular complexity index is 219. The van der Waals surface area contributed by atoms with Crippen molar-refractivity contribution < 1.29 is 0 Å². The van der Waals surface area contributed by atoms with Gasteiger partial charge in [-0.25, -0.2) is 0 Å². The summed E-state index contributed by atoms with van der Waals surface area (Å²) in [6.07, 6.45) is 10.8. The highest BCUT2D eigenvalue weighted by atomic mass is 14.9. The maximum absolute atomic E-state index is 3.65. The van der Waals surface area contributed by atoms with Crippen LogP contribution in [0.4, 0.5) is 0 Å². The molecule has 0 spiro atoms. The lowest BCUT2D eigenvalue weighted by atomic mass is 9.71. The lowest BCUT2D eigenvalue weighted by molar-refractivity contribution is 0.145. The molecule has 1 N–H and O–H groups in total. The van der Waals surface area contributed by atoms with E-state index in [-0.39, 0.29) is 0 Å². The molecule has 3 aliphatic rings. The second-order valence-corrected chi connectivity index (χ2v) is 6.29. The maximum atomic E-state index is 3.65. The van der Waals surface area contributed by atoms with E-state index in [0.29, 0.717) is 0 Å². The van der Waals surface area contributed by atoms with Gasteiger partial charge in [-0.2, -0.15) is 0 Å². The summed E-state index contributed by atoms with van der Waals surface area (Å²) in [5.41, 5.74) is 0.736. The van der Waals surface area contributed by atoms with E-state index in [1.165, 1.54) is 32.2 Å². The summed E-state index contributed by atoms with van der Waals surface area (Å²) >= 11 is 0. The van der Waals surface area contributed by atoms with Crippen LogP contribution in [0, 0.1) is 23.2 Å². The molecule has 3 rings (SSSR count). The molecular weight excluding hydrogens is 182 g/mol. The maximum Gasteiger partial charge on any atom is 0.00106 e. The van der Waals surface area contributed by atoms with Crippen molar-refractivity contribution in [2.75, 3.05) is 13.1 Å². The molecule has 3 aliphatic carbocycles. The Morgan fingerprint density at radius 2 is 1.80 bits per heavy atom. The predicted molar refractivity (Wildman–Crippen MR) is 63.8 cm³/mol. The van der Waals surface area contributed by atoms with E-state index in [1.807, 2.05) is 0 Å². The standard InChI is InChI=1S/C14H25N/c1-2-15-10-14(13-5-3-4-6-13)8-11-7-12(11)9-14/h11-13,15H,2-10H2,1H3. The van der Waals surface area contributed by atoms with Gasteiger partial charge in [-0.3, -0.25) is 0 Å². The first-order chi connectivity index (χ1) is 7.34. The molecule has 86 valence electrons. The summed E-state index contributed by atoms with van der Waals surface area (Å²) < 4.78 is 0. The number of hydrogen-bond donors (Lipinski definition) is 1. The molecule has 0 aliphatic heterocycles. The third-order valence-electron chi connectivity index (χ3n) is 5.35. The van der Waals surface area contributed by atoms with Gasteiger partial charge in [-0.1, -0.05) is 19.8 Å². The van der Waals surface area contributed by atoms with Crippen LogP contribution in [-0.2, 0) is 0 Å². The van der Waals surface area contributed by atoms with Crippen LogP contribution < -0.4 is 5.32 Å². The van der Waals surface area contributed by atoms with E-state index >= 15 is 0 Å². The van der Waals surface area contributed by atoms with Crippen molar-refractivity contribution in [3.63, 3.8) is 0 Å². The van der Waals surface area contributed by atoms with Crippen molar-refractivity contribution in [2.24, 2.45) is 23.2 Å². The fourth-order valence-corrected chi connectivity index (χ4v) is 4.47. The van der Waals surface area contributed by atoms with Gasteiger partial charge in [0.2, 0.25) is 0 Å². The molecule has 3 fully saturated rings. The summed E-state index contributed by atoms with van der Waals surface area (Å²) in [5, 5.41) is 3.65. The molecule has 2 atom stereocenters. The largest absolute Gasteiger partial charge is 0.316 e. The number of fused-ring (bicyclic) bond motifs is 1. The molecule has 1 heteroatoms. The fraction of sp³-hybridized carbons (Fsp3) is 1.00. The van der Waals surface area contributed by atoms with Crippen LogP contribution in [-0.4, -0.2) is 13.1 Å². The van der Waals surface area contributed by atoms with Crippen LogP contribution in [0.2, 0.25) is 0 Å². The van der Waals surface area contributed by atoms with Gasteiger partial charge in [0.15, 0.2) is 0 Å². The molecule has 0 bridgehead atoms. The summed E-state index contributed by atoms with van der Waals surface area (Å²) in [5.74, 6) is 3.36. The van der Waals surface area contributed by atoms with Gasteiger partial charge in [-0.05, 0) is 61.8 Å². The normalized spacial score (nSPS) is 44.6.